The molecule has 0 saturated heterocycles. The Kier molecular flexibility index (Phi) is 7.07. The first-order chi connectivity index (χ1) is 16.6. The molecule has 9 heteroatoms. The van der Waals surface area contributed by atoms with Crippen molar-refractivity contribution in [1.82, 2.24) is 9.55 Å². The zero-order valence-corrected chi connectivity index (χ0v) is 21.3. The van der Waals surface area contributed by atoms with Gasteiger partial charge in [0.25, 0.3) is 0 Å². The van der Waals surface area contributed by atoms with E-state index in [1.807, 2.05) is 54.8 Å². The second-order valence-electron chi connectivity index (χ2n) is 8.04. The van der Waals surface area contributed by atoms with Crippen LogP contribution in [0.3, 0.4) is 0 Å². The zero-order valence-electron chi connectivity index (χ0n) is 19.2. The first-order valence-electron chi connectivity index (χ1n) is 10.9. The maximum absolute atomic E-state index is 12.9. The van der Waals surface area contributed by atoms with Crippen molar-refractivity contribution in [2.45, 2.75) is 33.1 Å². The number of hydrogen-bond donors (Lipinski definition) is 0. The molecule has 2 aromatic heterocycles. The standard InChI is InChI=1S/C26H22F3IN2O3/c1-4-34-25(33)24-23(30)20-13-16(21-11-6-17(14-31-21)26(27,28)29)5-12-22(20)32(24)18-7-9-19(10-8-18)35-15(2)3/h5-15H,4H2,1-3H3. The van der Waals surface area contributed by atoms with Crippen molar-refractivity contribution < 1.29 is 27.4 Å². The number of ether oxygens (including phenoxy) is 2. The lowest BCUT2D eigenvalue weighted by atomic mass is 10.1. The van der Waals surface area contributed by atoms with Crippen LogP contribution in [0.1, 0.15) is 36.8 Å². The zero-order chi connectivity index (χ0) is 25.3. The number of hydrogen-bond acceptors (Lipinski definition) is 4. The molecule has 2 aromatic carbocycles. The quantitative estimate of drug-likeness (QED) is 0.174. The van der Waals surface area contributed by atoms with Crippen LogP contribution < -0.4 is 4.74 Å². The van der Waals surface area contributed by atoms with Crippen LogP contribution in [0.15, 0.2) is 60.8 Å². The summed E-state index contributed by atoms with van der Waals surface area (Å²) in [6, 6.07) is 15.2. The van der Waals surface area contributed by atoms with E-state index in [0.29, 0.717) is 26.3 Å². The minimum absolute atomic E-state index is 0.0292. The highest BCUT2D eigenvalue weighted by Crippen LogP contribution is 2.35. The van der Waals surface area contributed by atoms with Gasteiger partial charge in [0.1, 0.15) is 11.4 Å². The third kappa shape index (κ3) is 5.14. The summed E-state index contributed by atoms with van der Waals surface area (Å²) in [5.74, 6) is 0.244. The number of carbonyl (C=O) groups excluding carboxylic acids is 1. The summed E-state index contributed by atoms with van der Waals surface area (Å²) in [6.07, 6.45) is -3.60. The third-order valence-corrected chi connectivity index (χ3v) is 6.32. The number of carbonyl (C=O) groups is 1. The van der Waals surface area contributed by atoms with Crippen LogP contribution in [0.2, 0.25) is 0 Å². The molecule has 0 aliphatic rings. The van der Waals surface area contributed by atoms with Crippen molar-refractivity contribution in [1.29, 1.82) is 0 Å². The summed E-state index contributed by atoms with van der Waals surface area (Å²) < 4.78 is 52.3. The molecule has 0 spiro atoms. The first-order valence-corrected chi connectivity index (χ1v) is 12.0. The van der Waals surface area contributed by atoms with E-state index in [2.05, 4.69) is 27.6 Å². The maximum Gasteiger partial charge on any atom is 0.417 e. The number of rotatable bonds is 6. The molecule has 0 atom stereocenters. The monoisotopic (exact) mass is 594 g/mol. The summed E-state index contributed by atoms with van der Waals surface area (Å²) in [7, 11) is 0. The Morgan fingerprint density at radius 1 is 1.09 bits per heavy atom. The number of pyridine rings is 1. The van der Waals surface area contributed by atoms with Gasteiger partial charge in [-0.15, -0.1) is 0 Å². The molecule has 182 valence electrons. The highest BCUT2D eigenvalue weighted by Gasteiger charge is 2.31. The lowest BCUT2D eigenvalue weighted by Gasteiger charge is -2.13. The predicted molar refractivity (Wildman–Crippen MR) is 136 cm³/mol. The smallest absolute Gasteiger partial charge is 0.417 e. The molecule has 0 N–H and O–H groups in total. The summed E-state index contributed by atoms with van der Waals surface area (Å²) in [5.41, 5.74) is 2.10. The van der Waals surface area contributed by atoms with E-state index in [1.165, 1.54) is 6.07 Å². The lowest BCUT2D eigenvalue weighted by Crippen LogP contribution is -2.12. The number of alkyl halides is 3. The van der Waals surface area contributed by atoms with Crippen LogP contribution in [0.5, 0.6) is 5.75 Å². The first kappa shape index (κ1) is 25.0. The van der Waals surface area contributed by atoms with Crippen molar-refractivity contribution in [3.8, 4) is 22.7 Å². The molecular weight excluding hydrogens is 572 g/mol. The third-order valence-electron chi connectivity index (χ3n) is 5.23. The topological polar surface area (TPSA) is 53.3 Å². The van der Waals surface area contributed by atoms with Crippen LogP contribution in [0.25, 0.3) is 27.8 Å². The van der Waals surface area contributed by atoms with E-state index >= 15 is 0 Å². The van der Waals surface area contributed by atoms with E-state index in [-0.39, 0.29) is 12.7 Å². The van der Waals surface area contributed by atoms with E-state index in [9.17, 15) is 18.0 Å². The maximum atomic E-state index is 12.9. The molecule has 35 heavy (non-hydrogen) atoms. The molecule has 4 rings (SSSR count). The normalized spacial score (nSPS) is 11.8. The van der Waals surface area contributed by atoms with Gasteiger partial charge in [-0.2, -0.15) is 13.2 Å². The van der Waals surface area contributed by atoms with Gasteiger partial charge in [-0.05, 0) is 91.9 Å². The molecular formula is C26H22F3IN2O3. The Morgan fingerprint density at radius 3 is 2.37 bits per heavy atom. The Morgan fingerprint density at radius 2 is 1.80 bits per heavy atom. The van der Waals surface area contributed by atoms with E-state index in [4.69, 9.17) is 9.47 Å². The molecule has 4 aromatic rings. The molecule has 0 saturated carbocycles. The van der Waals surface area contributed by atoms with Crippen LogP contribution >= 0.6 is 22.6 Å². The Balaban J connectivity index is 1.84. The van der Waals surface area contributed by atoms with Gasteiger partial charge in [0.05, 0.1) is 33.1 Å². The molecule has 0 amide bonds. The Labute approximate surface area is 214 Å². The van der Waals surface area contributed by atoms with Gasteiger partial charge in [0.2, 0.25) is 0 Å². The summed E-state index contributed by atoms with van der Waals surface area (Å²) in [6.45, 7) is 5.85. The Hall–Kier alpha value is -3.08. The van der Waals surface area contributed by atoms with Crippen LogP contribution in [0, 0.1) is 3.57 Å². The van der Waals surface area contributed by atoms with Crippen LogP contribution in [0.4, 0.5) is 13.2 Å². The number of benzene rings is 2. The van der Waals surface area contributed by atoms with Gasteiger partial charge in [-0.25, -0.2) is 4.79 Å². The van der Waals surface area contributed by atoms with Crippen molar-refractivity contribution in [2.75, 3.05) is 6.61 Å². The predicted octanol–water partition coefficient (Wildman–Crippen LogP) is 7.28. The minimum Gasteiger partial charge on any atom is -0.491 e. The fraction of sp³-hybridized carbons (Fsp3) is 0.231. The van der Waals surface area contributed by atoms with Gasteiger partial charge in [-0.3, -0.25) is 4.98 Å². The fourth-order valence-corrected chi connectivity index (χ4v) is 4.63. The number of aromatic nitrogens is 2. The molecule has 0 aliphatic carbocycles. The van der Waals surface area contributed by atoms with Gasteiger partial charge < -0.3 is 14.0 Å². The van der Waals surface area contributed by atoms with Crippen LogP contribution in [-0.2, 0) is 10.9 Å². The van der Waals surface area contributed by atoms with E-state index in [1.54, 1.807) is 13.0 Å². The average molecular weight is 594 g/mol. The summed E-state index contributed by atoms with van der Waals surface area (Å²) in [4.78, 5) is 16.9. The SMILES string of the molecule is CCOC(=O)c1c(I)c2cc(-c3ccc(C(F)(F)F)cn3)ccc2n1-c1ccc(OC(C)C)cc1. The highest BCUT2D eigenvalue weighted by atomic mass is 127. The van der Waals surface area contributed by atoms with Gasteiger partial charge >= 0.3 is 12.1 Å². The number of halogens is 4. The number of nitrogens with zero attached hydrogens (tertiary/aromatic N) is 2. The molecule has 2 heterocycles. The highest BCUT2D eigenvalue weighted by molar-refractivity contribution is 14.1. The van der Waals surface area contributed by atoms with Gasteiger partial charge in [0.15, 0.2) is 0 Å². The lowest BCUT2D eigenvalue weighted by molar-refractivity contribution is -0.137. The second kappa shape index (κ2) is 9.88. The molecule has 0 fully saturated rings. The molecule has 0 unspecified atom stereocenters. The number of esters is 1. The van der Waals surface area contributed by atoms with Gasteiger partial charge in [-0.1, -0.05) is 6.07 Å². The number of fused-ring (bicyclic) bond motifs is 1. The molecule has 5 nitrogen and oxygen atoms in total. The molecule has 0 radical (unpaired) electrons. The minimum atomic E-state index is -4.45. The van der Waals surface area contributed by atoms with Crippen molar-refractivity contribution in [3.05, 3.63) is 75.6 Å². The fourth-order valence-electron chi connectivity index (χ4n) is 3.74. The summed E-state index contributed by atoms with van der Waals surface area (Å²) >= 11 is 2.10. The molecule has 0 aliphatic heterocycles. The second-order valence-corrected chi connectivity index (χ2v) is 9.12. The largest absolute Gasteiger partial charge is 0.491 e. The van der Waals surface area contributed by atoms with Crippen LogP contribution in [-0.4, -0.2) is 28.2 Å². The van der Waals surface area contributed by atoms with Crippen molar-refractivity contribution in [2.24, 2.45) is 0 Å². The van der Waals surface area contributed by atoms with Gasteiger partial charge in [0, 0.05) is 22.8 Å². The van der Waals surface area contributed by atoms with Crippen molar-refractivity contribution >= 4 is 39.5 Å². The molecule has 0 bridgehead atoms. The average Bonchev–Trinajstić information content (AvgIpc) is 3.11. The van der Waals surface area contributed by atoms with E-state index < -0.39 is 17.7 Å². The Bertz CT molecular complexity index is 1360. The summed E-state index contributed by atoms with van der Waals surface area (Å²) in [5, 5.41) is 0.760. The van der Waals surface area contributed by atoms with E-state index in [0.717, 1.165) is 28.9 Å². The van der Waals surface area contributed by atoms with Crippen molar-refractivity contribution in [3.63, 3.8) is 0 Å².